The third kappa shape index (κ3) is 5.99. The Labute approximate surface area is 268 Å². The highest BCUT2D eigenvalue weighted by atomic mass is 16.7. The number of ether oxygens (including phenoxy) is 2. The van der Waals surface area contributed by atoms with Crippen molar-refractivity contribution >= 4 is 5.71 Å². The second-order valence-electron chi connectivity index (χ2n) is 16.6. The maximum Gasteiger partial charge on any atom is 0.177 e. The Morgan fingerprint density at radius 1 is 1.00 bits per heavy atom. The lowest BCUT2D eigenvalue weighted by molar-refractivity contribution is -0.188. The average Bonchev–Trinajstić information content (AvgIpc) is 3.35. The quantitative estimate of drug-likeness (QED) is 0.177. The van der Waals surface area contributed by atoms with Crippen molar-refractivity contribution in [1.29, 1.82) is 0 Å². The van der Waals surface area contributed by atoms with Gasteiger partial charge in [-0.2, -0.15) is 0 Å². The number of hydrogen-bond acceptors (Lipinski definition) is 4. The first kappa shape index (κ1) is 32.0. The van der Waals surface area contributed by atoms with Gasteiger partial charge in [0.2, 0.25) is 0 Å². The fourth-order valence-electron chi connectivity index (χ4n) is 10.3. The van der Waals surface area contributed by atoms with E-state index >= 15 is 0 Å². The highest BCUT2D eigenvalue weighted by Gasteiger charge is 2.59. The first-order valence-corrected chi connectivity index (χ1v) is 17.9. The zero-order valence-electron chi connectivity index (χ0n) is 28.9. The van der Waals surface area contributed by atoms with E-state index in [0.29, 0.717) is 29.3 Å². The molecule has 0 saturated heterocycles. The van der Waals surface area contributed by atoms with Gasteiger partial charge in [-0.15, -0.1) is 0 Å². The highest BCUT2D eigenvalue weighted by molar-refractivity contribution is 5.85. The molecule has 44 heavy (non-hydrogen) atoms. The van der Waals surface area contributed by atoms with Crippen LogP contribution in [0.2, 0.25) is 0 Å². The molecular weight excluding hydrogens is 542 g/mol. The number of fused-ring (bicyclic) bond motifs is 5. The normalized spacial score (nSPS) is 40.5. The first-order chi connectivity index (χ1) is 20.9. The third-order valence-corrected chi connectivity index (χ3v) is 13.0. The van der Waals surface area contributed by atoms with Gasteiger partial charge in [-0.25, -0.2) is 0 Å². The van der Waals surface area contributed by atoms with Crippen LogP contribution in [0.1, 0.15) is 124 Å². The minimum Gasteiger partial charge on any atom is -0.391 e. The van der Waals surface area contributed by atoms with Crippen molar-refractivity contribution < 1.29 is 14.3 Å². The lowest BCUT2D eigenvalue weighted by atomic mass is 9.47. The zero-order chi connectivity index (χ0) is 31.3. The van der Waals surface area contributed by atoms with Crippen LogP contribution in [0, 0.1) is 40.4 Å². The summed E-state index contributed by atoms with van der Waals surface area (Å²) in [6, 6.07) is 8.83. The van der Waals surface area contributed by atoms with E-state index in [0.717, 1.165) is 37.0 Å². The Morgan fingerprint density at radius 3 is 2.50 bits per heavy atom. The molecule has 1 heterocycles. The standard InChI is InChI=1S/C40H59NO3/c1-9-36-26(2)10-19-37(44-36)43-31-20-22-39(7)30(24-31)15-16-32-34-18-17-33(40(34,8)23-21-35(32)39)27(3)41-42-25-28-11-13-29(14-12-28)38(4,5)6/h10-15,19,26,31-37H,9,16-18,20-25H2,1-8H3/b41-27+/t26-,31?,32?,33+,34?,35?,36+,37?,39-,40+/m0/s1. The summed E-state index contributed by atoms with van der Waals surface area (Å²) in [5.41, 5.74) is 6.23. The van der Waals surface area contributed by atoms with Crippen LogP contribution in [0.3, 0.4) is 0 Å². The summed E-state index contributed by atoms with van der Waals surface area (Å²) in [6.07, 6.45) is 18.4. The molecule has 0 aromatic heterocycles. The van der Waals surface area contributed by atoms with E-state index in [-0.39, 0.29) is 23.9 Å². The van der Waals surface area contributed by atoms with Crippen LogP contribution < -0.4 is 0 Å². The molecule has 5 aliphatic rings. The van der Waals surface area contributed by atoms with E-state index in [4.69, 9.17) is 19.5 Å². The fourth-order valence-corrected chi connectivity index (χ4v) is 10.3. The number of rotatable bonds is 7. The van der Waals surface area contributed by atoms with E-state index in [2.05, 4.69) is 97.9 Å². The SMILES string of the molecule is CC[C@H]1OC(OC2CC[C@@]3(C)C(=CCC4C3CC[C@@]3(C)C4CC[C@@H]3/C(C)=N/OCc3ccc(C(C)(C)C)cc3)C2)C=C[C@@H]1C. The Morgan fingerprint density at radius 2 is 1.77 bits per heavy atom. The molecule has 1 aromatic rings. The number of nitrogens with zero attached hydrogens (tertiary/aromatic N) is 1. The molecule has 4 aliphatic carbocycles. The largest absolute Gasteiger partial charge is 0.391 e. The summed E-state index contributed by atoms with van der Waals surface area (Å²) in [7, 11) is 0. The summed E-state index contributed by atoms with van der Waals surface area (Å²) in [4.78, 5) is 5.97. The van der Waals surface area contributed by atoms with Crippen LogP contribution in [-0.4, -0.2) is 24.2 Å². The van der Waals surface area contributed by atoms with Crippen molar-refractivity contribution in [3.8, 4) is 0 Å². The third-order valence-electron chi connectivity index (χ3n) is 13.0. The summed E-state index contributed by atoms with van der Waals surface area (Å²) in [5, 5.41) is 4.74. The second kappa shape index (κ2) is 12.4. The number of allylic oxidation sites excluding steroid dienone is 1. The monoisotopic (exact) mass is 601 g/mol. The topological polar surface area (TPSA) is 40.0 Å². The fraction of sp³-hybridized carbons (Fsp3) is 0.725. The molecule has 1 aliphatic heterocycles. The molecule has 10 atom stereocenters. The second-order valence-corrected chi connectivity index (χ2v) is 16.6. The number of benzene rings is 1. The molecule has 0 spiro atoms. The maximum atomic E-state index is 6.57. The van der Waals surface area contributed by atoms with E-state index in [1.165, 1.54) is 55.4 Å². The van der Waals surface area contributed by atoms with Gasteiger partial charge in [0.15, 0.2) is 6.29 Å². The van der Waals surface area contributed by atoms with Crippen molar-refractivity contribution in [3.05, 3.63) is 59.2 Å². The Kier molecular flexibility index (Phi) is 9.00. The zero-order valence-corrected chi connectivity index (χ0v) is 28.9. The maximum absolute atomic E-state index is 6.57. The number of hydrogen-bond donors (Lipinski definition) is 0. The van der Waals surface area contributed by atoms with Crippen LogP contribution in [0.5, 0.6) is 0 Å². The molecule has 1 aromatic carbocycles. The minimum atomic E-state index is -0.184. The summed E-state index contributed by atoms with van der Waals surface area (Å²) >= 11 is 0. The minimum absolute atomic E-state index is 0.169. The van der Waals surface area contributed by atoms with Crippen molar-refractivity contribution in [2.75, 3.05) is 0 Å². The van der Waals surface area contributed by atoms with Crippen LogP contribution in [0.15, 0.2) is 53.2 Å². The van der Waals surface area contributed by atoms with Gasteiger partial charge in [0, 0.05) is 11.8 Å². The molecule has 0 N–H and O–H groups in total. The molecule has 0 radical (unpaired) electrons. The molecule has 3 saturated carbocycles. The van der Waals surface area contributed by atoms with Crippen LogP contribution in [0.25, 0.3) is 0 Å². The first-order valence-electron chi connectivity index (χ1n) is 17.9. The molecule has 5 unspecified atom stereocenters. The number of oxime groups is 1. The predicted molar refractivity (Wildman–Crippen MR) is 180 cm³/mol. The Balaban J connectivity index is 1.08. The van der Waals surface area contributed by atoms with Crippen molar-refractivity contribution in [2.45, 2.75) is 144 Å². The van der Waals surface area contributed by atoms with Crippen LogP contribution in [-0.2, 0) is 26.3 Å². The van der Waals surface area contributed by atoms with Crippen molar-refractivity contribution in [2.24, 2.45) is 45.6 Å². The van der Waals surface area contributed by atoms with E-state index < -0.39 is 0 Å². The summed E-state index contributed by atoms with van der Waals surface area (Å²) in [6.45, 7) is 19.2. The van der Waals surface area contributed by atoms with Gasteiger partial charge < -0.3 is 14.3 Å². The smallest absolute Gasteiger partial charge is 0.177 e. The Bertz CT molecular complexity index is 1260. The lowest BCUT2D eigenvalue weighted by Gasteiger charge is -2.58. The lowest BCUT2D eigenvalue weighted by Crippen LogP contribution is -2.51. The molecule has 4 heteroatoms. The van der Waals surface area contributed by atoms with Gasteiger partial charge in [-0.3, -0.25) is 0 Å². The molecule has 6 rings (SSSR count). The van der Waals surface area contributed by atoms with Gasteiger partial charge in [0.05, 0.1) is 17.9 Å². The van der Waals surface area contributed by atoms with Crippen molar-refractivity contribution in [1.82, 2.24) is 0 Å². The van der Waals surface area contributed by atoms with Crippen LogP contribution in [0.4, 0.5) is 0 Å². The van der Waals surface area contributed by atoms with Gasteiger partial charge >= 0.3 is 0 Å². The van der Waals surface area contributed by atoms with Crippen molar-refractivity contribution in [3.63, 3.8) is 0 Å². The van der Waals surface area contributed by atoms with E-state index in [9.17, 15) is 0 Å². The van der Waals surface area contributed by atoms with E-state index in [1.54, 1.807) is 5.57 Å². The van der Waals surface area contributed by atoms with Gasteiger partial charge in [0.1, 0.15) is 6.61 Å². The summed E-state index contributed by atoms with van der Waals surface area (Å²) in [5.74, 6) is 3.35. The van der Waals surface area contributed by atoms with Gasteiger partial charge in [0.25, 0.3) is 0 Å². The molecule has 242 valence electrons. The molecule has 0 bridgehead atoms. The Hall–Kier alpha value is -1.91. The average molecular weight is 602 g/mol. The molecule has 3 fully saturated rings. The predicted octanol–water partition coefficient (Wildman–Crippen LogP) is 10.2. The highest BCUT2D eigenvalue weighted by Crippen LogP contribution is 2.66. The molecule has 0 amide bonds. The van der Waals surface area contributed by atoms with Crippen LogP contribution >= 0.6 is 0 Å². The molecule has 4 nitrogen and oxygen atoms in total. The molecular formula is C40H59NO3. The van der Waals surface area contributed by atoms with Gasteiger partial charge in [-0.1, -0.05) is 95.6 Å². The summed E-state index contributed by atoms with van der Waals surface area (Å²) < 4.78 is 12.9. The van der Waals surface area contributed by atoms with E-state index in [1.807, 2.05) is 0 Å². The van der Waals surface area contributed by atoms with Gasteiger partial charge in [-0.05, 0) is 116 Å².